The highest BCUT2D eigenvalue weighted by atomic mass is 79.9. The number of rotatable bonds is 3. The molecule has 4 nitrogen and oxygen atoms in total. The predicted octanol–water partition coefficient (Wildman–Crippen LogP) is 3.27. The zero-order valence-corrected chi connectivity index (χ0v) is 13.2. The van der Waals surface area contributed by atoms with Crippen molar-refractivity contribution < 1.29 is 4.79 Å². The third-order valence-electron chi connectivity index (χ3n) is 2.83. The molecule has 0 fully saturated rings. The van der Waals surface area contributed by atoms with Crippen LogP contribution in [0.15, 0.2) is 37.4 Å². The number of carbonyl (C=O) groups excluding carboxylic acids is 1. The van der Waals surface area contributed by atoms with Gasteiger partial charge in [0.1, 0.15) is 6.04 Å². The molecule has 1 amide bonds. The van der Waals surface area contributed by atoms with Crippen LogP contribution in [0.5, 0.6) is 0 Å². The number of fused-ring (bicyclic) bond motifs is 1. The van der Waals surface area contributed by atoms with E-state index in [1.807, 2.05) is 17.5 Å². The summed E-state index contributed by atoms with van der Waals surface area (Å²) in [5.41, 5.74) is 1.84. The smallest absolute Gasteiger partial charge is 0.246 e. The molecule has 1 atom stereocenters. The van der Waals surface area contributed by atoms with Crippen molar-refractivity contribution in [2.24, 2.45) is 0 Å². The van der Waals surface area contributed by atoms with Crippen LogP contribution in [0.3, 0.4) is 0 Å². The minimum atomic E-state index is -0.273. The first kappa shape index (κ1) is 13.1. The summed E-state index contributed by atoms with van der Waals surface area (Å²) in [5, 5.41) is 7.85. The summed E-state index contributed by atoms with van der Waals surface area (Å²) in [5.74, 6) is -0.0131. The van der Waals surface area contributed by atoms with Gasteiger partial charge < -0.3 is 10.6 Å². The van der Waals surface area contributed by atoms with E-state index in [-0.39, 0.29) is 11.9 Å². The van der Waals surface area contributed by atoms with Gasteiger partial charge in [-0.25, -0.2) is 4.98 Å². The SMILES string of the molecule is CNC1C(=O)Nc2cc(Sc3nccs3)c(Br)cc21. The Kier molecular flexibility index (Phi) is 3.62. The molecule has 2 N–H and O–H groups in total. The third kappa shape index (κ3) is 2.43. The van der Waals surface area contributed by atoms with Crippen LogP contribution in [0.2, 0.25) is 0 Å². The van der Waals surface area contributed by atoms with Crippen molar-refractivity contribution in [2.75, 3.05) is 12.4 Å². The lowest BCUT2D eigenvalue weighted by Gasteiger charge is -2.09. The fourth-order valence-corrected chi connectivity index (χ4v) is 4.21. The number of carbonyl (C=O) groups is 1. The second-order valence-electron chi connectivity index (χ2n) is 3.98. The average molecular weight is 356 g/mol. The number of benzene rings is 1. The summed E-state index contributed by atoms with van der Waals surface area (Å²) in [6, 6.07) is 3.70. The minimum Gasteiger partial charge on any atom is -0.324 e. The van der Waals surface area contributed by atoms with Crippen molar-refractivity contribution in [1.82, 2.24) is 10.3 Å². The Labute approximate surface area is 127 Å². The van der Waals surface area contributed by atoms with Crippen LogP contribution >= 0.6 is 39.0 Å². The number of anilines is 1. The van der Waals surface area contributed by atoms with E-state index in [0.29, 0.717) is 0 Å². The average Bonchev–Trinajstić information content (AvgIpc) is 2.97. The van der Waals surface area contributed by atoms with Crippen molar-refractivity contribution >= 4 is 50.6 Å². The number of aromatic nitrogens is 1. The Hall–Kier alpha value is -0.890. The lowest BCUT2D eigenvalue weighted by Crippen LogP contribution is -2.23. The first-order chi connectivity index (χ1) is 9.19. The van der Waals surface area contributed by atoms with Crippen molar-refractivity contribution in [3.05, 3.63) is 33.7 Å². The van der Waals surface area contributed by atoms with Gasteiger partial charge in [-0.2, -0.15) is 0 Å². The van der Waals surface area contributed by atoms with Crippen molar-refractivity contribution in [1.29, 1.82) is 0 Å². The molecule has 0 saturated heterocycles. The Balaban J connectivity index is 1.97. The van der Waals surface area contributed by atoms with E-state index in [9.17, 15) is 4.79 Å². The molecule has 1 aromatic heterocycles. The zero-order chi connectivity index (χ0) is 13.4. The normalized spacial score (nSPS) is 17.4. The number of likely N-dealkylation sites (N-methyl/N-ethyl adjacent to an activating group) is 1. The first-order valence-electron chi connectivity index (χ1n) is 5.58. The number of nitrogens with one attached hydrogen (secondary N) is 2. The summed E-state index contributed by atoms with van der Waals surface area (Å²) in [7, 11) is 1.78. The molecular formula is C12H10BrN3OS2. The van der Waals surface area contributed by atoms with E-state index in [4.69, 9.17) is 0 Å². The van der Waals surface area contributed by atoms with Gasteiger partial charge in [0.15, 0.2) is 4.34 Å². The maximum absolute atomic E-state index is 11.8. The molecule has 0 spiro atoms. The number of hydrogen-bond acceptors (Lipinski definition) is 5. The van der Waals surface area contributed by atoms with Gasteiger partial charge in [-0.05, 0) is 35.1 Å². The van der Waals surface area contributed by atoms with E-state index >= 15 is 0 Å². The molecule has 1 aromatic carbocycles. The highest BCUT2D eigenvalue weighted by molar-refractivity contribution is 9.10. The van der Waals surface area contributed by atoms with Gasteiger partial charge in [0.25, 0.3) is 0 Å². The molecule has 0 radical (unpaired) electrons. The molecule has 2 heterocycles. The van der Waals surface area contributed by atoms with Crippen LogP contribution in [0.4, 0.5) is 5.69 Å². The minimum absolute atomic E-state index is 0.0131. The van der Waals surface area contributed by atoms with Crippen molar-refractivity contribution in [2.45, 2.75) is 15.3 Å². The molecule has 2 aromatic rings. The second kappa shape index (κ2) is 5.24. The van der Waals surface area contributed by atoms with Crippen LogP contribution < -0.4 is 10.6 Å². The van der Waals surface area contributed by atoms with E-state index in [1.54, 1.807) is 36.3 Å². The van der Waals surface area contributed by atoms with E-state index < -0.39 is 0 Å². The summed E-state index contributed by atoms with van der Waals surface area (Å²) >= 11 is 6.74. The summed E-state index contributed by atoms with van der Waals surface area (Å²) < 4.78 is 1.96. The maximum Gasteiger partial charge on any atom is 0.246 e. The molecular weight excluding hydrogens is 346 g/mol. The highest BCUT2D eigenvalue weighted by Gasteiger charge is 2.30. The van der Waals surface area contributed by atoms with Gasteiger partial charge in [-0.3, -0.25) is 4.79 Å². The molecule has 0 saturated carbocycles. The van der Waals surface area contributed by atoms with Gasteiger partial charge in [0.05, 0.1) is 0 Å². The van der Waals surface area contributed by atoms with Gasteiger partial charge in [0, 0.05) is 32.2 Å². The van der Waals surface area contributed by atoms with Gasteiger partial charge in [0.2, 0.25) is 5.91 Å². The lowest BCUT2D eigenvalue weighted by atomic mass is 10.1. The van der Waals surface area contributed by atoms with Crippen LogP contribution in [0.25, 0.3) is 0 Å². The Morgan fingerprint density at radius 2 is 2.37 bits per heavy atom. The summed E-state index contributed by atoms with van der Waals surface area (Å²) in [4.78, 5) is 17.1. The summed E-state index contributed by atoms with van der Waals surface area (Å²) in [6.07, 6.45) is 1.78. The number of halogens is 1. The third-order valence-corrected chi connectivity index (χ3v) is 5.69. The van der Waals surface area contributed by atoms with E-state index in [2.05, 4.69) is 31.5 Å². The first-order valence-corrected chi connectivity index (χ1v) is 8.07. The zero-order valence-electron chi connectivity index (χ0n) is 9.94. The van der Waals surface area contributed by atoms with Crippen LogP contribution in [0, 0.1) is 0 Å². The standard InChI is InChI=1S/C12H10BrN3OS2/c1-14-10-6-4-7(13)9(5-8(6)16-11(10)17)19-12-15-2-3-18-12/h2-5,10,14H,1H3,(H,16,17). The molecule has 7 heteroatoms. The molecule has 0 bridgehead atoms. The molecule has 19 heavy (non-hydrogen) atoms. The molecule has 1 aliphatic heterocycles. The van der Waals surface area contributed by atoms with Crippen molar-refractivity contribution in [3.63, 3.8) is 0 Å². The number of nitrogens with zero attached hydrogens (tertiary/aromatic N) is 1. The fourth-order valence-electron chi connectivity index (χ4n) is 1.98. The molecule has 1 unspecified atom stereocenters. The van der Waals surface area contributed by atoms with Crippen LogP contribution in [-0.2, 0) is 4.79 Å². The van der Waals surface area contributed by atoms with E-state index in [1.165, 1.54) is 0 Å². The summed E-state index contributed by atoms with van der Waals surface area (Å²) in [6.45, 7) is 0. The quantitative estimate of drug-likeness (QED) is 0.886. The second-order valence-corrected chi connectivity index (χ2v) is 7.02. The molecule has 3 rings (SSSR count). The molecule has 1 aliphatic rings. The Morgan fingerprint density at radius 1 is 1.53 bits per heavy atom. The monoisotopic (exact) mass is 355 g/mol. The van der Waals surface area contributed by atoms with E-state index in [0.717, 1.165) is 25.0 Å². The number of thiazole rings is 1. The fraction of sp³-hybridized carbons (Fsp3) is 0.167. The maximum atomic E-state index is 11.8. The van der Waals surface area contributed by atoms with Crippen LogP contribution in [0.1, 0.15) is 11.6 Å². The molecule has 98 valence electrons. The Bertz CT molecular complexity index is 630. The van der Waals surface area contributed by atoms with Gasteiger partial charge >= 0.3 is 0 Å². The van der Waals surface area contributed by atoms with Crippen LogP contribution in [-0.4, -0.2) is 17.9 Å². The Morgan fingerprint density at radius 3 is 3.05 bits per heavy atom. The number of amides is 1. The van der Waals surface area contributed by atoms with Gasteiger partial charge in [-0.15, -0.1) is 11.3 Å². The largest absolute Gasteiger partial charge is 0.324 e. The molecule has 0 aliphatic carbocycles. The predicted molar refractivity (Wildman–Crippen MR) is 80.8 cm³/mol. The number of hydrogen-bond donors (Lipinski definition) is 2. The highest BCUT2D eigenvalue weighted by Crippen LogP contribution is 2.41. The topological polar surface area (TPSA) is 54.0 Å². The lowest BCUT2D eigenvalue weighted by molar-refractivity contribution is -0.117. The van der Waals surface area contributed by atoms with Gasteiger partial charge in [-0.1, -0.05) is 11.8 Å². The van der Waals surface area contributed by atoms with Crippen molar-refractivity contribution in [3.8, 4) is 0 Å².